The summed E-state index contributed by atoms with van der Waals surface area (Å²) < 4.78 is 45.9. The van der Waals surface area contributed by atoms with Gasteiger partial charge in [0, 0.05) is 49.4 Å². The molecule has 1 spiro atoms. The van der Waals surface area contributed by atoms with Crippen LogP contribution in [0.3, 0.4) is 0 Å². The van der Waals surface area contributed by atoms with Gasteiger partial charge in [-0.1, -0.05) is 0 Å². The second-order valence-corrected chi connectivity index (χ2v) is 12.6. The number of nitrogens with one attached hydrogen (secondary N) is 2. The van der Waals surface area contributed by atoms with Gasteiger partial charge in [-0.25, -0.2) is 18.2 Å². The number of ether oxygens (including phenoxy) is 3. The van der Waals surface area contributed by atoms with Crippen LogP contribution >= 0.6 is 0 Å². The van der Waals surface area contributed by atoms with Crippen LogP contribution in [0.2, 0.25) is 0 Å². The van der Waals surface area contributed by atoms with Crippen LogP contribution in [0.4, 0.5) is 10.5 Å². The van der Waals surface area contributed by atoms with Gasteiger partial charge in [0.1, 0.15) is 16.4 Å². The normalized spacial score (nSPS) is 19.8. The van der Waals surface area contributed by atoms with Gasteiger partial charge in [-0.05, 0) is 49.4 Å². The lowest BCUT2D eigenvalue weighted by atomic mass is 9.74. The van der Waals surface area contributed by atoms with E-state index in [0.29, 0.717) is 23.1 Å². The number of carbonyl (C=O) groups excluding carboxylic acids is 2. The van der Waals surface area contributed by atoms with Gasteiger partial charge in [-0.2, -0.15) is 9.57 Å². The third-order valence-electron chi connectivity index (χ3n) is 8.23. The maximum Gasteiger partial charge on any atom is 0.318 e. The summed E-state index contributed by atoms with van der Waals surface area (Å²) in [5.41, 5.74) is -1.81. The fourth-order valence-corrected chi connectivity index (χ4v) is 7.62. The molecule has 2 saturated heterocycles. The highest BCUT2D eigenvalue weighted by Crippen LogP contribution is 2.50. The number of hydrogen-bond donors (Lipinski definition) is 2. The average Bonchev–Trinajstić information content (AvgIpc) is 3.23. The molecule has 2 N–H and O–H groups in total. The van der Waals surface area contributed by atoms with Crippen LogP contribution in [-0.2, 0) is 20.4 Å². The van der Waals surface area contributed by atoms with Crippen molar-refractivity contribution in [2.45, 2.75) is 17.4 Å². The number of nitriles is 1. The van der Waals surface area contributed by atoms with E-state index in [1.54, 1.807) is 24.0 Å². The van der Waals surface area contributed by atoms with Gasteiger partial charge in [0.15, 0.2) is 5.54 Å². The molecule has 1 aromatic heterocycles. The quantitative estimate of drug-likeness (QED) is 0.382. The van der Waals surface area contributed by atoms with E-state index in [1.807, 2.05) is 0 Å². The molecular weight excluding hydrogens is 588 g/mol. The third-order valence-corrected chi connectivity index (χ3v) is 9.97. The first-order valence-corrected chi connectivity index (χ1v) is 15.3. The van der Waals surface area contributed by atoms with Crippen LogP contribution < -0.4 is 29.1 Å². The van der Waals surface area contributed by atoms with E-state index in [9.17, 15) is 23.3 Å². The van der Waals surface area contributed by atoms with E-state index in [4.69, 9.17) is 14.2 Å². The predicted octanol–water partition coefficient (Wildman–Crippen LogP) is 1.96. The van der Waals surface area contributed by atoms with Gasteiger partial charge >= 0.3 is 6.03 Å². The molecule has 2 fully saturated rings. The van der Waals surface area contributed by atoms with Gasteiger partial charge in [0.2, 0.25) is 5.88 Å². The SMILES string of the molecule is CCOc1ncccc1[C@@]1(NC(=O)N2CC3(CNC3)C2)C(=O)N(S(=O)(=O)c2ccc(OC)cc2OC)c2ccc(C#N)cc21. The van der Waals surface area contributed by atoms with E-state index in [2.05, 4.69) is 21.7 Å². The number of hydrogen-bond acceptors (Lipinski definition) is 10. The van der Waals surface area contributed by atoms with Crippen molar-refractivity contribution in [3.05, 3.63) is 71.4 Å². The van der Waals surface area contributed by atoms with Crippen molar-refractivity contribution in [1.29, 1.82) is 5.26 Å². The second kappa shape index (κ2) is 10.7. The van der Waals surface area contributed by atoms with Crippen molar-refractivity contribution < 1.29 is 32.2 Å². The van der Waals surface area contributed by atoms with Gasteiger partial charge in [0.25, 0.3) is 15.9 Å². The molecule has 3 aliphatic rings. The number of anilines is 1. The highest BCUT2D eigenvalue weighted by molar-refractivity contribution is 7.93. The summed E-state index contributed by atoms with van der Waals surface area (Å²) in [5.74, 6) is -0.671. The zero-order chi connectivity index (χ0) is 31.3. The fourth-order valence-electron chi connectivity index (χ4n) is 6.01. The van der Waals surface area contributed by atoms with Crippen molar-refractivity contribution >= 4 is 27.6 Å². The Morgan fingerprint density at radius 1 is 1.11 bits per heavy atom. The van der Waals surface area contributed by atoms with Gasteiger partial charge in [-0.3, -0.25) is 4.79 Å². The van der Waals surface area contributed by atoms with E-state index < -0.39 is 27.5 Å². The van der Waals surface area contributed by atoms with Crippen LogP contribution in [0.15, 0.2) is 59.6 Å². The molecule has 3 aliphatic heterocycles. The number of urea groups is 1. The minimum absolute atomic E-state index is 0.0127. The van der Waals surface area contributed by atoms with Gasteiger partial charge < -0.3 is 29.7 Å². The standard InChI is InChI=1S/C30H30N6O7S/c1-4-43-26-21(6-5-11-33-26)30(34-28(38)35-17-29(18-35)15-32-16-29)22-12-19(14-31)7-9-23(22)36(27(30)37)44(39,40)25-10-8-20(41-2)13-24(25)42-3/h5-13,32H,4,15-18H2,1-3H3,(H,34,38)/t30-/m0/s1. The zero-order valence-electron chi connectivity index (χ0n) is 24.3. The molecule has 1 atom stereocenters. The lowest BCUT2D eigenvalue weighted by molar-refractivity contribution is -0.121. The summed E-state index contributed by atoms with van der Waals surface area (Å²) >= 11 is 0. The van der Waals surface area contributed by atoms with E-state index in [1.165, 1.54) is 56.8 Å². The lowest BCUT2D eigenvalue weighted by Gasteiger charge is -2.56. The van der Waals surface area contributed by atoms with Crippen LogP contribution in [0, 0.1) is 16.7 Å². The third kappa shape index (κ3) is 4.30. The smallest absolute Gasteiger partial charge is 0.318 e. The first-order valence-electron chi connectivity index (χ1n) is 13.9. The molecule has 0 bridgehead atoms. The fraction of sp³-hybridized carbons (Fsp3) is 0.333. The number of sulfonamides is 1. The molecular formula is C30H30N6O7S. The van der Waals surface area contributed by atoms with Crippen LogP contribution in [0.1, 0.15) is 23.6 Å². The molecule has 3 aromatic rings. The number of aromatic nitrogens is 1. The maximum atomic E-state index is 14.9. The van der Waals surface area contributed by atoms with Gasteiger partial charge in [-0.15, -0.1) is 0 Å². The molecule has 228 valence electrons. The van der Waals surface area contributed by atoms with E-state index >= 15 is 0 Å². The van der Waals surface area contributed by atoms with Crippen molar-refractivity contribution in [3.63, 3.8) is 0 Å². The summed E-state index contributed by atoms with van der Waals surface area (Å²) in [6.45, 7) is 4.42. The molecule has 0 unspecified atom stereocenters. The van der Waals surface area contributed by atoms with Crippen LogP contribution in [-0.4, -0.2) is 77.2 Å². The number of methoxy groups -OCH3 is 2. The molecule has 0 radical (unpaired) electrons. The van der Waals surface area contributed by atoms with Crippen molar-refractivity contribution in [2.75, 3.05) is 51.3 Å². The Morgan fingerprint density at radius 2 is 1.89 bits per heavy atom. The Bertz CT molecular complexity index is 1810. The van der Waals surface area contributed by atoms with E-state index in [0.717, 1.165) is 13.1 Å². The van der Waals surface area contributed by atoms with Crippen LogP contribution in [0.25, 0.3) is 0 Å². The topological polar surface area (TPSA) is 163 Å². The van der Waals surface area contributed by atoms with Crippen molar-refractivity contribution in [3.8, 4) is 23.4 Å². The minimum atomic E-state index is -4.67. The highest BCUT2D eigenvalue weighted by atomic mass is 32.2. The number of nitrogens with zero attached hydrogens (tertiary/aromatic N) is 4. The van der Waals surface area contributed by atoms with Gasteiger partial charge in [0.05, 0.1) is 43.7 Å². The number of benzene rings is 2. The first-order chi connectivity index (χ1) is 21.1. The lowest BCUT2D eigenvalue weighted by Crippen LogP contribution is -2.73. The monoisotopic (exact) mass is 618 g/mol. The number of fused-ring (bicyclic) bond motifs is 1. The van der Waals surface area contributed by atoms with E-state index in [-0.39, 0.29) is 50.9 Å². The second-order valence-electron chi connectivity index (χ2n) is 10.9. The molecule has 14 heteroatoms. The maximum absolute atomic E-state index is 14.9. The number of likely N-dealkylation sites (tertiary alicyclic amines) is 1. The molecule has 0 aliphatic carbocycles. The van der Waals surface area contributed by atoms with Crippen LogP contribution in [0.5, 0.6) is 17.4 Å². The predicted molar refractivity (Wildman–Crippen MR) is 157 cm³/mol. The molecule has 3 amide bonds. The Kier molecular flexibility index (Phi) is 7.10. The summed E-state index contributed by atoms with van der Waals surface area (Å²) in [6, 6.07) is 12.9. The summed E-state index contributed by atoms with van der Waals surface area (Å²) in [5, 5.41) is 15.9. The Hall–Kier alpha value is -4.87. The molecule has 2 aromatic carbocycles. The number of rotatable bonds is 8. The molecule has 44 heavy (non-hydrogen) atoms. The summed E-state index contributed by atoms with van der Waals surface area (Å²) in [4.78, 5) is 34.4. The number of carbonyl (C=O) groups is 2. The Balaban J connectivity index is 1.56. The van der Waals surface area contributed by atoms with Crippen molar-refractivity contribution in [1.82, 2.24) is 20.5 Å². The number of amides is 3. The summed E-state index contributed by atoms with van der Waals surface area (Å²) in [7, 11) is -1.93. The molecule has 13 nitrogen and oxygen atoms in total. The summed E-state index contributed by atoms with van der Waals surface area (Å²) in [6.07, 6.45) is 1.47. The minimum Gasteiger partial charge on any atom is -0.497 e. The average molecular weight is 619 g/mol. The molecule has 0 saturated carbocycles. The highest BCUT2D eigenvalue weighted by Gasteiger charge is 2.60. The number of pyridine rings is 1. The molecule has 4 heterocycles. The largest absolute Gasteiger partial charge is 0.497 e. The molecule has 6 rings (SSSR count). The Morgan fingerprint density at radius 3 is 2.52 bits per heavy atom. The first kappa shape index (κ1) is 29.2. The zero-order valence-corrected chi connectivity index (χ0v) is 25.1. The van der Waals surface area contributed by atoms with Crippen molar-refractivity contribution in [2.24, 2.45) is 5.41 Å². The Labute approximate surface area is 254 Å².